The number of carbonyl (C=O) groups is 1. The number of benzene rings is 1. The number of rotatable bonds is 5. The maximum absolute atomic E-state index is 13.8. The summed E-state index contributed by atoms with van der Waals surface area (Å²) in [5.41, 5.74) is -1.13. The molecule has 0 unspecified atom stereocenters. The molecular weight excluding hydrogens is 285 g/mol. The van der Waals surface area contributed by atoms with Gasteiger partial charge < -0.3 is 9.84 Å². The summed E-state index contributed by atoms with van der Waals surface area (Å²) in [4.78, 5) is 20.8. The van der Waals surface area contributed by atoms with Crippen molar-refractivity contribution in [3.8, 4) is 5.75 Å². The van der Waals surface area contributed by atoms with Crippen molar-refractivity contribution >= 4 is 11.7 Å². The van der Waals surface area contributed by atoms with Crippen molar-refractivity contribution in [1.82, 2.24) is 9.78 Å². The predicted molar refractivity (Wildman–Crippen MR) is 67.9 cm³/mol. The normalized spacial score (nSPS) is 10.4. The molecule has 2 aromatic rings. The van der Waals surface area contributed by atoms with Gasteiger partial charge in [-0.3, -0.25) is 14.8 Å². The van der Waals surface area contributed by atoms with Crippen LogP contribution in [0.4, 0.5) is 10.1 Å². The summed E-state index contributed by atoms with van der Waals surface area (Å²) < 4.78 is 19.6. The van der Waals surface area contributed by atoms with Gasteiger partial charge in [0.1, 0.15) is 17.8 Å². The van der Waals surface area contributed by atoms with E-state index in [0.29, 0.717) is 5.75 Å². The van der Waals surface area contributed by atoms with Gasteiger partial charge in [0.25, 0.3) is 0 Å². The molecule has 0 saturated carbocycles. The number of halogens is 1. The highest BCUT2D eigenvalue weighted by Crippen LogP contribution is 2.20. The van der Waals surface area contributed by atoms with Crippen molar-refractivity contribution in [2.24, 2.45) is 0 Å². The third-order valence-corrected chi connectivity index (χ3v) is 2.73. The Morgan fingerprint density at radius 3 is 2.76 bits per heavy atom. The number of nitro groups is 1. The van der Waals surface area contributed by atoms with Crippen LogP contribution >= 0.6 is 0 Å². The van der Waals surface area contributed by atoms with Gasteiger partial charge in [-0.15, -0.1) is 0 Å². The average molecular weight is 295 g/mol. The van der Waals surface area contributed by atoms with Crippen molar-refractivity contribution in [3.63, 3.8) is 0 Å². The second-order valence-electron chi connectivity index (χ2n) is 4.08. The fourth-order valence-electron chi connectivity index (χ4n) is 1.74. The number of hydrogen-bond acceptors (Lipinski definition) is 5. The van der Waals surface area contributed by atoms with Crippen molar-refractivity contribution < 1.29 is 24.0 Å². The molecule has 1 heterocycles. The highest BCUT2D eigenvalue weighted by atomic mass is 19.1. The molecule has 110 valence electrons. The van der Waals surface area contributed by atoms with E-state index in [4.69, 9.17) is 9.84 Å². The molecule has 1 aromatic carbocycles. The summed E-state index contributed by atoms with van der Waals surface area (Å²) >= 11 is 0. The van der Waals surface area contributed by atoms with Crippen LogP contribution in [-0.2, 0) is 6.54 Å². The molecule has 0 aliphatic rings. The van der Waals surface area contributed by atoms with E-state index in [1.54, 1.807) is 0 Å². The number of hydrogen-bond donors (Lipinski definition) is 1. The zero-order chi connectivity index (χ0) is 15.6. The Labute approximate surface area is 117 Å². The van der Waals surface area contributed by atoms with Crippen LogP contribution in [0.3, 0.4) is 0 Å². The van der Waals surface area contributed by atoms with Gasteiger partial charge in [-0.1, -0.05) is 6.07 Å². The van der Waals surface area contributed by atoms with Crippen LogP contribution in [0, 0.1) is 15.9 Å². The number of nitrogens with zero attached hydrogens (tertiary/aromatic N) is 3. The number of aromatic carboxylic acids is 1. The maximum Gasteiger partial charge on any atom is 0.363 e. The summed E-state index contributed by atoms with van der Waals surface area (Å²) in [5, 5.41) is 23.2. The van der Waals surface area contributed by atoms with E-state index in [1.165, 1.54) is 19.2 Å². The number of aromatic nitrogens is 2. The Morgan fingerprint density at radius 1 is 1.57 bits per heavy atom. The van der Waals surface area contributed by atoms with E-state index in [1.807, 2.05) is 0 Å². The molecule has 0 aliphatic heterocycles. The fourth-order valence-corrected chi connectivity index (χ4v) is 1.74. The lowest BCUT2D eigenvalue weighted by Crippen LogP contribution is -2.05. The third-order valence-electron chi connectivity index (χ3n) is 2.73. The van der Waals surface area contributed by atoms with Crippen LogP contribution in [0.5, 0.6) is 5.75 Å². The molecule has 0 atom stereocenters. The van der Waals surface area contributed by atoms with Crippen LogP contribution in [0.2, 0.25) is 0 Å². The number of carboxylic acid groups (broad SMARTS) is 1. The van der Waals surface area contributed by atoms with Crippen molar-refractivity contribution in [3.05, 3.63) is 51.6 Å². The maximum atomic E-state index is 13.8. The zero-order valence-corrected chi connectivity index (χ0v) is 10.8. The first-order valence-electron chi connectivity index (χ1n) is 5.70. The van der Waals surface area contributed by atoms with Crippen molar-refractivity contribution in [2.45, 2.75) is 6.54 Å². The van der Waals surface area contributed by atoms with Crippen LogP contribution in [0.25, 0.3) is 0 Å². The molecule has 0 fully saturated rings. The van der Waals surface area contributed by atoms with E-state index in [-0.39, 0.29) is 12.1 Å². The fraction of sp³-hybridized carbons (Fsp3) is 0.167. The molecular formula is C12H10FN3O5. The molecule has 0 aliphatic carbocycles. The molecule has 1 aromatic heterocycles. The molecule has 0 amide bonds. The topological polar surface area (TPSA) is 107 Å². The second-order valence-corrected chi connectivity index (χ2v) is 4.08. The van der Waals surface area contributed by atoms with Crippen LogP contribution < -0.4 is 4.74 Å². The average Bonchev–Trinajstić information content (AvgIpc) is 2.85. The Bertz CT molecular complexity index is 681. The van der Waals surface area contributed by atoms with E-state index in [2.05, 4.69) is 5.10 Å². The standard InChI is InChI=1S/C12H10FN3O5/c1-21-8-3-2-7(9(13)4-8)5-15-6-10(16(19)20)11(14-15)12(17)18/h2-4,6H,5H2,1H3,(H,17,18). The van der Waals surface area contributed by atoms with Crippen LogP contribution in [-0.4, -0.2) is 32.9 Å². The van der Waals surface area contributed by atoms with Crippen LogP contribution in [0.15, 0.2) is 24.4 Å². The predicted octanol–water partition coefficient (Wildman–Crippen LogP) is 1.69. The summed E-state index contributed by atoms with van der Waals surface area (Å²) in [6.45, 7) is -0.135. The Kier molecular flexibility index (Phi) is 3.83. The summed E-state index contributed by atoms with van der Waals surface area (Å²) in [5.74, 6) is -1.77. The quantitative estimate of drug-likeness (QED) is 0.664. The van der Waals surface area contributed by atoms with Gasteiger partial charge in [0.2, 0.25) is 5.69 Å². The molecule has 2 rings (SSSR count). The number of ether oxygens (including phenoxy) is 1. The lowest BCUT2D eigenvalue weighted by molar-refractivity contribution is -0.385. The van der Waals surface area contributed by atoms with Gasteiger partial charge in [-0.25, -0.2) is 9.18 Å². The Hall–Kier alpha value is -2.97. The minimum atomic E-state index is -1.52. The first kappa shape index (κ1) is 14.4. The largest absolute Gasteiger partial charge is 0.497 e. The molecule has 21 heavy (non-hydrogen) atoms. The van der Waals surface area contributed by atoms with E-state index in [0.717, 1.165) is 16.9 Å². The minimum absolute atomic E-state index is 0.135. The first-order chi connectivity index (χ1) is 9.92. The molecule has 0 bridgehead atoms. The smallest absolute Gasteiger partial charge is 0.363 e. The molecule has 0 saturated heterocycles. The van der Waals surface area contributed by atoms with Gasteiger partial charge in [-0.05, 0) is 6.07 Å². The second kappa shape index (κ2) is 5.57. The third kappa shape index (κ3) is 2.96. The van der Waals surface area contributed by atoms with Gasteiger partial charge in [0.05, 0.1) is 18.6 Å². The lowest BCUT2D eigenvalue weighted by atomic mass is 10.2. The van der Waals surface area contributed by atoms with Gasteiger partial charge >= 0.3 is 11.7 Å². The van der Waals surface area contributed by atoms with Crippen molar-refractivity contribution in [2.75, 3.05) is 7.11 Å². The number of methoxy groups -OCH3 is 1. The summed E-state index contributed by atoms with van der Waals surface area (Å²) in [7, 11) is 1.39. The Balaban J connectivity index is 2.34. The molecule has 9 heteroatoms. The summed E-state index contributed by atoms with van der Waals surface area (Å²) in [6.07, 6.45) is 0.952. The van der Waals surface area contributed by atoms with E-state index >= 15 is 0 Å². The molecule has 1 N–H and O–H groups in total. The Morgan fingerprint density at radius 2 is 2.29 bits per heavy atom. The van der Waals surface area contributed by atoms with E-state index < -0.39 is 28.1 Å². The zero-order valence-electron chi connectivity index (χ0n) is 10.8. The lowest BCUT2D eigenvalue weighted by Gasteiger charge is -2.05. The molecule has 0 radical (unpaired) electrons. The van der Waals surface area contributed by atoms with Gasteiger partial charge in [0.15, 0.2) is 0 Å². The minimum Gasteiger partial charge on any atom is -0.497 e. The monoisotopic (exact) mass is 295 g/mol. The SMILES string of the molecule is COc1ccc(Cn2cc([N+](=O)[O-])c(C(=O)O)n2)c(F)c1. The number of carboxylic acids is 1. The molecule has 0 spiro atoms. The van der Waals surface area contributed by atoms with Gasteiger partial charge in [0, 0.05) is 11.6 Å². The van der Waals surface area contributed by atoms with Crippen LogP contribution in [0.1, 0.15) is 16.1 Å². The van der Waals surface area contributed by atoms with Gasteiger partial charge in [-0.2, -0.15) is 5.10 Å². The first-order valence-corrected chi connectivity index (χ1v) is 5.70. The molecule has 8 nitrogen and oxygen atoms in total. The van der Waals surface area contributed by atoms with E-state index in [9.17, 15) is 19.3 Å². The highest BCUT2D eigenvalue weighted by Gasteiger charge is 2.25. The van der Waals surface area contributed by atoms with Crippen molar-refractivity contribution in [1.29, 1.82) is 0 Å². The summed E-state index contributed by atoms with van der Waals surface area (Å²) in [6, 6.07) is 4.11. The highest BCUT2D eigenvalue weighted by molar-refractivity contribution is 5.89.